The molecule has 5 rings (SSSR count). The number of nitrogens with one attached hydrogen (secondary N) is 1. The molecule has 2 fully saturated rings. The molecule has 29 heavy (non-hydrogen) atoms. The van der Waals surface area contributed by atoms with Crippen LogP contribution in [0.15, 0.2) is 54.6 Å². The number of hydrogen-bond acceptors (Lipinski definition) is 5. The Hall–Kier alpha value is -2.50. The van der Waals surface area contributed by atoms with Gasteiger partial charge in [0.05, 0.1) is 17.8 Å². The van der Waals surface area contributed by atoms with E-state index in [2.05, 4.69) is 52.7 Å². The lowest BCUT2D eigenvalue weighted by Crippen LogP contribution is -2.41. The third kappa shape index (κ3) is 4.26. The minimum absolute atomic E-state index is 0.427. The van der Waals surface area contributed by atoms with Crippen LogP contribution in [0.25, 0.3) is 22.2 Å². The second kappa shape index (κ2) is 8.47. The maximum absolute atomic E-state index is 5.53. The van der Waals surface area contributed by atoms with E-state index in [9.17, 15) is 0 Å². The number of ether oxygens (including phenoxy) is 1. The highest BCUT2D eigenvalue weighted by atomic mass is 16.5. The van der Waals surface area contributed by atoms with Crippen molar-refractivity contribution in [3.05, 3.63) is 54.6 Å². The Balaban J connectivity index is 1.31. The molecule has 0 bridgehead atoms. The average molecular weight is 389 g/mol. The van der Waals surface area contributed by atoms with Crippen LogP contribution in [0.1, 0.15) is 19.3 Å². The maximum Gasteiger partial charge on any atom is 0.224 e. The van der Waals surface area contributed by atoms with Gasteiger partial charge in [-0.05, 0) is 31.2 Å². The number of fused-ring (bicyclic) bond motifs is 1. The number of likely N-dealkylation sites (tertiary alicyclic amines) is 1. The normalized spacial score (nSPS) is 20.9. The third-order valence-corrected chi connectivity index (χ3v) is 6.11. The van der Waals surface area contributed by atoms with Crippen LogP contribution in [0.3, 0.4) is 0 Å². The molecule has 150 valence electrons. The number of benzene rings is 2. The molecule has 2 aliphatic rings. The molecule has 0 amide bonds. The molecule has 1 aromatic heterocycles. The lowest BCUT2D eigenvalue weighted by Gasteiger charge is -2.33. The first-order valence-corrected chi connectivity index (χ1v) is 10.7. The van der Waals surface area contributed by atoms with Gasteiger partial charge in [-0.2, -0.15) is 0 Å². The predicted molar refractivity (Wildman–Crippen MR) is 117 cm³/mol. The van der Waals surface area contributed by atoms with E-state index in [1.165, 1.54) is 13.0 Å². The molecule has 2 aromatic carbocycles. The minimum Gasteiger partial charge on any atom is -0.381 e. The van der Waals surface area contributed by atoms with Crippen LogP contribution in [-0.2, 0) is 4.74 Å². The van der Waals surface area contributed by atoms with Crippen molar-refractivity contribution in [2.75, 3.05) is 38.2 Å². The van der Waals surface area contributed by atoms with Gasteiger partial charge in [0.25, 0.3) is 0 Å². The zero-order valence-electron chi connectivity index (χ0n) is 16.8. The van der Waals surface area contributed by atoms with Gasteiger partial charge in [0.2, 0.25) is 5.95 Å². The van der Waals surface area contributed by atoms with E-state index in [1.54, 1.807) is 0 Å². The fourth-order valence-electron chi connectivity index (χ4n) is 4.49. The number of hydrogen-bond donors (Lipinski definition) is 1. The van der Waals surface area contributed by atoms with Crippen molar-refractivity contribution in [2.45, 2.75) is 25.3 Å². The molecule has 5 nitrogen and oxygen atoms in total. The maximum atomic E-state index is 5.53. The summed E-state index contributed by atoms with van der Waals surface area (Å²) in [5.74, 6) is 1.46. The third-order valence-electron chi connectivity index (χ3n) is 6.11. The molecule has 1 atom stereocenters. The van der Waals surface area contributed by atoms with Crippen molar-refractivity contribution in [1.82, 2.24) is 14.9 Å². The Bertz CT molecular complexity index is 948. The van der Waals surface area contributed by atoms with Gasteiger partial charge < -0.3 is 15.0 Å². The molecule has 2 saturated heterocycles. The lowest BCUT2D eigenvalue weighted by atomic mass is 10.0. The number of rotatable bonds is 5. The predicted octanol–water partition coefficient (Wildman–Crippen LogP) is 4.21. The lowest BCUT2D eigenvalue weighted by molar-refractivity contribution is 0.154. The van der Waals surface area contributed by atoms with E-state index in [4.69, 9.17) is 14.7 Å². The van der Waals surface area contributed by atoms with Crippen molar-refractivity contribution >= 4 is 16.9 Å². The van der Waals surface area contributed by atoms with Crippen LogP contribution in [0.2, 0.25) is 0 Å². The summed E-state index contributed by atoms with van der Waals surface area (Å²) < 4.78 is 5.53. The van der Waals surface area contributed by atoms with Crippen LogP contribution in [0.5, 0.6) is 0 Å². The van der Waals surface area contributed by atoms with Gasteiger partial charge in [0, 0.05) is 43.2 Å². The second-order valence-corrected chi connectivity index (χ2v) is 8.23. The average Bonchev–Trinajstić information content (AvgIpc) is 3.28. The van der Waals surface area contributed by atoms with Crippen molar-refractivity contribution in [1.29, 1.82) is 0 Å². The Morgan fingerprint density at radius 3 is 2.52 bits per heavy atom. The number of anilines is 1. The van der Waals surface area contributed by atoms with E-state index in [1.807, 2.05) is 12.1 Å². The summed E-state index contributed by atoms with van der Waals surface area (Å²) in [5, 5.41) is 4.72. The van der Waals surface area contributed by atoms with Gasteiger partial charge in [-0.1, -0.05) is 48.5 Å². The first kappa shape index (κ1) is 18.5. The van der Waals surface area contributed by atoms with Gasteiger partial charge >= 0.3 is 0 Å². The van der Waals surface area contributed by atoms with Crippen molar-refractivity contribution in [2.24, 2.45) is 5.92 Å². The topological polar surface area (TPSA) is 50.3 Å². The molecule has 0 spiro atoms. The highest BCUT2D eigenvalue weighted by Gasteiger charge is 2.24. The van der Waals surface area contributed by atoms with Crippen LogP contribution < -0.4 is 5.32 Å². The Kier molecular flexibility index (Phi) is 5.41. The molecular weight excluding hydrogens is 360 g/mol. The van der Waals surface area contributed by atoms with Gasteiger partial charge in [-0.25, -0.2) is 9.97 Å². The summed E-state index contributed by atoms with van der Waals surface area (Å²) >= 11 is 0. The van der Waals surface area contributed by atoms with Crippen LogP contribution in [0.4, 0.5) is 5.95 Å². The Morgan fingerprint density at radius 2 is 1.72 bits per heavy atom. The molecule has 0 aliphatic carbocycles. The van der Waals surface area contributed by atoms with Crippen molar-refractivity contribution < 1.29 is 4.74 Å². The molecule has 5 heteroatoms. The van der Waals surface area contributed by atoms with E-state index >= 15 is 0 Å². The standard InChI is InChI=1S/C24H28N4O/c1-2-6-19(7-3-1)23-21-8-4-5-9-22(21)26-24(27-23)25-20-10-13-28(14-11-20)16-18-12-15-29-17-18/h1-9,18,20H,10-17H2,(H,25,26,27). The number of piperidine rings is 1. The monoisotopic (exact) mass is 388 g/mol. The highest BCUT2D eigenvalue weighted by Crippen LogP contribution is 2.28. The Labute approximate surface area is 172 Å². The largest absolute Gasteiger partial charge is 0.381 e. The summed E-state index contributed by atoms with van der Waals surface area (Å²) in [5.41, 5.74) is 3.11. The molecule has 1 unspecified atom stereocenters. The van der Waals surface area contributed by atoms with E-state index in [0.717, 1.165) is 73.2 Å². The molecular formula is C24H28N4O. The summed E-state index contributed by atoms with van der Waals surface area (Å²) in [6, 6.07) is 19.1. The van der Waals surface area contributed by atoms with Gasteiger partial charge in [-0.15, -0.1) is 0 Å². The van der Waals surface area contributed by atoms with Gasteiger partial charge in [-0.3, -0.25) is 0 Å². The molecule has 3 aromatic rings. The summed E-state index contributed by atoms with van der Waals surface area (Å²) in [4.78, 5) is 12.3. The second-order valence-electron chi connectivity index (χ2n) is 8.23. The fraction of sp³-hybridized carbons (Fsp3) is 0.417. The molecule has 1 N–H and O–H groups in total. The first-order valence-electron chi connectivity index (χ1n) is 10.7. The molecule has 0 radical (unpaired) electrons. The SMILES string of the molecule is c1ccc(-c2nc(NC3CCN(CC4CCOC4)CC3)nc3ccccc23)cc1. The fourth-order valence-corrected chi connectivity index (χ4v) is 4.49. The highest BCUT2D eigenvalue weighted by molar-refractivity contribution is 5.93. The van der Waals surface area contributed by atoms with E-state index < -0.39 is 0 Å². The molecule has 0 saturated carbocycles. The summed E-state index contributed by atoms with van der Waals surface area (Å²) in [7, 11) is 0. The van der Waals surface area contributed by atoms with E-state index in [0.29, 0.717) is 6.04 Å². The summed E-state index contributed by atoms with van der Waals surface area (Å²) in [6.07, 6.45) is 3.47. The van der Waals surface area contributed by atoms with Crippen LogP contribution in [0, 0.1) is 5.92 Å². The molecule has 3 heterocycles. The number of nitrogens with zero attached hydrogens (tertiary/aromatic N) is 3. The van der Waals surface area contributed by atoms with E-state index in [-0.39, 0.29) is 0 Å². The zero-order valence-corrected chi connectivity index (χ0v) is 16.8. The number of aromatic nitrogens is 2. The summed E-state index contributed by atoms with van der Waals surface area (Å²) in [6.45, 7) is 5.31. The quantitative estimate of drug-likeness (QED) is 0.710. The van der Waals surface area contributed by atoms with Gasteiger partial charge in [0.15, 0.2) is 0 Å². The van der Waals surface area contributed by atoms with Gasteiger partial charge in [0.1, 0.15) is 0 Å². The van der Waals surface area contributed by atoms with Crippen molar-refractivity contribution in [3.63, 3.8) is 0 Å². The minimum atomic E-state index is 0.427. The smallest absolute Gasteiger partial charge is 0.224 e. The number of para-hydroxylation sites is 1. The van der Waals surface area contributed by atoms with Crippen LogP contribution in [-0.4, -0.2) is 53.8 Å². The first-order chi connectivity index (χ1) is 14.3. The zero-order chi connectivity index (χ0) is 19.5. The van der Waals surface area contributed by atoms with Crippen molar-refractivity contribution in [3.8, 4) is 11.3 Å². The Morgan fingerprint density at radius 1 is 0.931 bits per heavy atom. The van der Waals surface area contributed by atoms with Crippen LogP contribution >= 0.6 is 0 Å². The molecule has 2 aliphatic heterocycles.